The van der Waals surface area contributed by atoms with Crippen molar-refractivity contribution in [1.29, 1.82) is 0 Å². The normalized spacial score (nSPS) is 14.3. The minimum Gasteiger partial charge on any atom is -0.485 e. The van der Waals surface area contributed by atoms with Gasteiger partial charge in [-0.1, -0.05) is 0 Å². The molecule has 1 aromatic carbocycles. The Hall–Kier alpha value is -2.96. The number of nitro groups is 1. The van der Waals surface area contributed by atoms with Crippen molar-refractivity contribution < 1.29 is 14.5 Å². The van der Waals surface area contributed by atoms with E-state index in [1.807, 2.05) is 6.07 Å². The Kier molecular flexibility index (Phi) is 3.69. The van der Waals surface area contributed by atoms with Gasteiger partial charge in [-0.15, -0.1) is 0 Å². The van der Waals surface area contributed by atoms with Crippen LogP contribution in [0, 0.1) is 10.1 Å². The Labute approximate surface area is 126 Å². The van der Waals surface area contributed by atoms with Crippen LogP contribution in [0.5, 0.6) is 5.75 Å². The summed E-state index contributed by atoms with van der Waals surface area (Å²) in [5, 5.41) is 10.6. The maximum atomic E-state index is 12.2. The lowest BCUT2D eigenvalue weighted by Gasteiger charge is -2.38. The number of amides is 1. The Bertz CT molecular complexity index is 682. The molecule has 2 aromatic rings. The minimum absolute atomic E-state index is 0.0297. The fraction of sp³-hybridized carbons (Fsp3) is 0.200. The highest BCUT2D eigenvalue weighted by molar-refractivity contribution is 5.95. The van der Waals surface area contributed by atoms with Gasteiger partial charge in [-0.3, -0.25) is 19.9 Å². The molecule has 7 heteroatoms. The molecule has 1 aliphatic heterocycles. The zero-order valence-electron chi connectivity index (χ0n) is 11.6. The average Bonchev–Trinajstić information content (AvgIpc) is 2.51. The summed E-state index contributed by atoms with van der Waals surface area (Å²) in [6.07, 6.45) is 3.24. The van der Waals surface area contributed by atoms with Crippen molar-refractivity contribution in [3.05, 3.63) is 64.5 Å². The first kappa shape index (κ1) is 14.0. The van der Waals surface area contributed by atoms with Crippen LogP contribution in [0.1, 0.15) is 10.4 Å². The molecular formula is C15H13N3O4. The van der Waals surface area contributed by atoms with Gasteiger partial charge in [0.2, 0.25) is 0 Å². The minimum atomic E-state index is -0.490. The van der Waals surface area contributed by atoms with Crippen LogP contribution in [0.2, 0.25) is 0 Å². The van der Waals surface area contributed by atoms with Gasteiger partial charge in [0, 0.05) is 23.9 Å². The second-order valence-corrected chi connectivity index (χ2v) is 4.94. The van der Waals surface area contributed by atoms with Crippen molar-refractivity contribution in [2.75, 3.05) is 13.1 Å². The van der Waals surface area contributed by atoms with E-state index in [0.717, 1.165) is 0 Å². The third-order valence-electron chi connectivity index (χ3n) is 3.40. The summed E-state index contributed by atoms with van der Waals surface area (Å²) in [5.41, 5.74) is 0.406. The molecule has 1 amide bonds. The van der Waals surface area contributed by atoms with Crippen LogP contribution in [0.25, 0.3) is 0 Å². The van der Waals surface area contributed by atoms with Gasteiger partial charge in [0.1, 0.15) is 11.9 Å². The molecule has 1 aliphatic rings. The standard InChI is InChI=1S/C15H13N3O4/c19-15(11-3-5-12(6-4-11)18(20)21)17-9-14(10-17)22-13-2-1-7-16-8-13/h1-8,14H,9-10H2. The molecule has 0 saturated carbocycles. The van der Waals surface area contributed by atoms with Crippen LogP contribution < -0.4 is 4.74 Å². The molecule has 7 nitrogen and oxygen atoms in total. The topological polar surface area (TPSA) is 85.6 Å². The monoisotopic (exact) mass is 299 g/mol. The van der Waals surface area contributed by atoms with E-state index in [9.17, 15) is 14.9 Å². The first-order chi connectivity index (χ1) is 10.6. The van der Waals surface area contributed by atoms with E-state index >= 15 is 0 Å². The number of carbonyl (C=O) groups excluding carboxylic acids is 1. The van der Waals surface area contributed by atoms with E-state index < -0.39 is 4.92 Å². The first-order valence-electron chi connectivity index (χ1n) is 6.74. The van der Waals surface area contributed by atoms with E-state index in [-0.39, 0.29) is 17.7 Å². The zero-order chi connectivity index (χ0) is 15.5. The number of aromatic nitrogens is 1. The SMILES string of the molecule is O=C(c1ccc([N+](=O)[O-])cc1)N1CC(Oc2cccnc2)C1. The Morgan fingerprint density at radius 1 is 1.27 bits per heavy atom. The van der Waals surface area contributed by atoms with Crippen molar-refractivity contribution in [2.45, 2.75) is 6.10 Å². The van der Waals surface area contributed by atoms with Gasteiger partial charge in [-0.25, -0.2) is 0 Å². The van der Waals surface area contributed by atoms with Gasteiger partial charge >= 0.3 is 0 Å². The van der Waals surface area contributed by atoms with Crippen LogP contribution in [-0.2, 0) is 0 Å². The number of nitrogens with zero attached hydrogens (tertiary/aromatic N) is 3. The summed E-state index contributed by atoms with van der Waals surface area (Å²) in [6.45, 7) is 0.982. The van der Waals surface area contributed by atoms with E-state index in [1.165, 1.54) is 24.3 Å². The summed E-state index contributed by atoms with van der Waals surface area (Å²) in [7, 11) is 0. The van der Waals surface area contributed by atoms with Crippen molar-refractivity contribution >= 4 is 11.6 Å². The van der Waals surface area contributed by atoms with Crippen molar-refractivity contribution in [3.8, 4) is 5.75 Å². The summed E-state index contributed by atoms with van der Waals surface area (Å²) >= 11 is 0. The molecular weight excluding hydrogens is 286 g/mol. The third-order valence-corrected chi connectivity index (χ3v) is 3.40. The quantitative estimate of drug-likeness (QED) is 0.635. The van der Waals surface area contributed by atoms with E-state index in [2.05, 4.69) is 4.98 Å². The maximum Gasteiger partial charge on any atom is 0.269 e. The molecule has 0 atom stereocenters. The number of hydrogen-bond acceptors (Lipinski definition) is 5. The van der Waals surface area contributed by atoms with Crippen molar-refractivity contribution in [1.82, 2.24) is 9.88 Å². The Morgan fingerprint density at radius 2 is 2.00 bits per heavy atom. The van der Waals surface area contributed by atoms with Crippen LogP contribution in [0.4, 0.5) is 5.69 Å². The molecule has 112 valence electrons. The number of non-ortho nitro benzene ring substituents is 1. The Morgan fingerprint density at radius 3 is 2.59 bits per heavy atom. The lowest BCUT2D eigenvalue weighted by atomic mass is 10.1. The molecule has 1 aromatic heterocycles. The predicted molar refractivity (Wildman–Crippen MR) is 77.7 cm³/mol. The number of benzene rings is 1. The van der Waals surface area contributed by atoms with Gasteiger partial charge in [0.15, 0.2) is 0 Å². The van der Waals surface area contributed by atoms with E-state index in [4.69, 9.17) is 4.74 Å². The molecule has 0 bridgehead atoms. The summed E-state index contributed by atoms with van der Waals surface area (Å²) in [5.74, 6) is 0.524. The Balaban J connectivity index is 1.56. The fourth-order valence-electron chi connectivity index (χ4n) is 2.20. The van der Waals surface area contributed by atoms with Gasteiger partial charge in [0.25, 0.3) is 11.6 Å². The molecule has 1 fully saturated rings. The number of likely N-dealkylation sites (tertiary alicyclic amines) is 1. The van der Waals surface area contributed by atoms with Crippen LogP contribution >= 0.6 is 0 Å². The molecule has 0 radical (unpaired) electrons. The lowest BCUT2D eigenvalue weighted by Crippen LogP contribution is -2.56. The largest absolute Gasteiger partial charge is 0.485 e. The van der Waals surface area contributed by atoms with Gasteiger partial charge in [0.05, 0.1) is 24.2 Å². The highest BCUT2D eigenvalue weighted by Crippen LogP contribution is 2.20. The molecule has 0 spiro atoms. The molecule has 3 rings (SSSR count). The number of ether oxygens (including phenoxy) is 1. The summed E-state index contributed by atoms with van der Waals surface area (Å²) < 4.78 is 5.67. The molecule has 2 heterocycles. The van der Waals surface area contributed by atoms with E-state index in [0.29, 0.717) is 24.4 Å². The maximum absolute atomic E-state index is 12.2. The van der Waals surface area contributed by atoms with Gasteiger partial charge in [-0.05, 0) is 24.3 Å². The highest BCUT2D eigenvalue weighted by atomic mass is 16.6. The number of pyridine rings is 1. The van der Waals surface area contributed by atoms with Crippen LogP contribution in [-0.4, -0.2) is 39.9 Å². The number of rotatable bonds is 4. The molecule has 22 heavy (non-hydrogen) atoms. The first-order valence-corrected chi connectivity index (χ1v) is 6.74. The van der Waals surface area contributed by atoms with Gasteiger partial charge < -0.3 is 9.64 Å². The van der Waals surface area contributed by atoms with Crippen LogP contribution in [0.3, 0.4) is 0 Å². The number of carbonyl (C=O) groups is 1. The van der Waals surface area contributed by atoms with E-state index in [1.54, 1.807) is 23.4 Å². The third kappa shape index (κ3) is 2.88. The number of hydrogen-bond donors (Lipinski definition) is 0. The molecule has 0 unspecified atom stereocenters. The lowest BCUT2D eigenvalue weighted by molar-refractivity contribution is -0.384. The van der Waals surface area contributed by atoms with Gasteiger partial charge in [-0.2, -0.15) is 0 Å². The van der Waals surface area contributed by atoms with Crippen molar-refractivity contribution in [2.24, 2.45) is 0 Å². The predicted octanol–water partition coefficient (Wildman–Crippen LogP) is 1.89. The summed E-state index contributed by atoms with van der Waals surface area (Å²) in [6, 6.07) is 9.19. The smallest absolute Gasteiger partial charge is 0.269 e. The highest BCUT2D eigenvalue weighted by Gasteiger charge is 2.32. The van der Waals surface area contributed by atoms with Crippen LogP contribution in [0.15, 0.2) is 48.8 Å². The average molecular weight is 299 g/mol. The molecule has 1 saturated heterocycles. The second kappa shape index (κ2) is 5.80. The summed E-state index contributed by atoms with van der Waals surface area (Å²) in [4.78, 5) is 27.9. The number of nitro benzene ring substituents is 1. The zero-order valence-corrected chi connectivity index (χ0v) is 11.6. The molecule has 0 aliphatic carbocycles. The fourth-order valence-corrected chi connectivity index (χ4v) is 2.20. The van der Waals surface area contributed by atoms with Crippen molar-refractivity contribution in [3.63, 3.8) is 0 Å². The second-order valence-electron chi connectivity index (χ2n) is 4.94. The molecule has 0 N–H and O–H groups in total.